The second-order valence-electron chi connectivity index (χ2n) is 10.6. The minimum atomic E-state index is -0.597. The van der Waals surface area contributed by atoms with E-state index in [4.69, 9.17) is 18.9 Å². The van der Waals surface area contributed by atoms with Crippen LogP contribution in [0.2, 0.25) is 0 Å². The van der Waals surface area contributed by atoms with Crippen LogP contribution in [0.25, 0.3) is 0 Å². The Kier molecular flexibility index (Phi) is 10.9. The average Bonchev–Trinajstić information content (AvgIpc) is 2.98. The van der Waals surface area contributed by atoms with Gasteiger partial charge in [0.2, 0.25) is 0 Å². The van der Waals surface area contributed by atoms with Gasteiger partial charge in [0.15, 0.2) is 23.0 Å². The number of carbonyl (C=O) groups excluding carboxylic acids is 2. The van der Waals surface area contributed by atoms with Crippen LogP contribution in [0.3, 0.4) is 0 Å². The van der Waals surface area contributed by atoms with Crippen molar-refractivity contribution in [2.45, 2.75) is 70.0 Å². The summed E-state index contributed by atoms with van der Waals surface area (Å²) in [5.41, 5.74) is 3.59. The lowest BCUT2D eigenvalue weighted by molar-refractivity contribution is -0.154. The molecule has 0 aromatic heterocycles. The topological polar surface area (TPSA) is 112 Å². The Balaban J connectivity index is 1.69. The largest absolute Gasteiger partial charge is 0.504 e. The molecule has 0 saturated carbocycles. The Morgan fingerprint density at radius 2 is 1.60 bits per heavy atom. The molecule has 1 aliphatic rings. The molecule has 2 N–H and O–H groups in total. The third kappa shape index (κ3) is 8.92. The molecule has 3 aromatic rings. The summed E-state index contributed by atoms with van der Waals surface area (Å²) in [6.45, 7) is 1.36. The first kappa shape index (κ1) is 31.3. The van der Waals surface area contributed by atoms with E-state index < -0.39 is 24.1 Å². The van der Waals surface area contributed by atoms with Crippen molar-refractivity contribution in [3.8, 4) is 34.8 Å². The fourth-order valence-corrected chi connectivity index (χ4v) is 5.33. The molecule has 0 spiro atoms. The van der Waals surface area contributed by atoms with Gasteiger partial charge < -0.3 is 29.2 Å². The van der Waals surface area contributed by atoms with E-state index in [1.54, 1.807) is 30.3 Å². The molecule has 3 atom stereocenters. The molecular formula is C35H38O8. The monoisotopic (exact) mass is 586 g/mol. The summed E-state index contributed by atoms with van der Waals surface area (Å²) in [7, 11) is 2.97. The number of hydrogen-bond donors (Lipinski definition) is 2. The van der Waals surface area contributed by atoms with E-state index in [-0.39, 0.29) is 30.3 Å². The maximum absolute atomic E-state index is 13.1. The molecule has 3 unspecified atom stereocenters. The molecule has 0 saturated heterocycles. The second kappa shape index (κ2) is 15.0. The number of phenolic OH excluding ortho intramolecular Hbond substituents is 2. The number of phenols is 2. The van der Waals surface area contributed by atoms with Crippen molar-refractivity contribution in [1.29, 1.82) is 0 Å². The molecule has 0 bridgehead atoms. The molecule has 8 nitrogen and oxygen atoms in total. The van der Waals surface area contributed by atoms with E-state index in [9.17, 15) is 19.8 Å². The van der Waals surface area contributed by atoms with Crippen molar-refractivity contribution in [2.24, 2.45) is 0 Å². The van der Waals surface area contributed by atoms with Crippen molar-refractivity contribution in [1.82, 2.24) is 0 Å². The molecule has 0 fully saturated rings. The standard InChI is InChI=1S/C35H38O8/c1-23(36)42-29-15-13-27-21-34(41-3)32(38)19-26(27)11-7-10-25(28-14-16-31(37)33(20-28)40-2)18-30(22-29)43-35(39)17-12-24-8-5-4-6-9-24/h4-6,8-9,14,16,19-21,25,29-30,37-38H,11-13,15,17-18,22H2,1-3H3. The highest BCUT2D eigenvalue weighted by Gasteiger charge is 2.27. The normalized spacial score (nSPS) is 18.4. The van der Waals surface area contributed by atoms with Gasteiger partial charge in [0, 0.05) is 38.5 Å². The summed E-state index contributed by atoms with van der Waals surface area (Å²) < 4.78 is 22.5. The molecule has 226 valence electrons. The fraction of sp³-hybridized carbons (Fsp3) is 0.371. The quantitative estimate of drug-likeness (QED) is 0.257. The van der Waals surface area contributed by atoms with E-state index in [0.29, 0.717) is 43.6 Å². The third-order valence-electron chi connectivity index (χ3n) is 7.51. The van der Waals surface area contributed by atoms with Crippen molar-refractivity contribution in [2.75, 3.05) is 14.2 Å². The number of benzene rings is 3. The first-order valence-corrected chi connectivity index (χ1v) is 14.4. The van der Waals surface area contributed by atoms with Crippen molar-refractivity contribution in [3.05, 3.63) is 82.9 Å². The molecule has 43 heavy (non-hydrogen) atoms. The van der Waals surface area contributed by atoms with Gasteiger partial charge in [0.1, 0.15) is 12.2 Å². The van der Waals surface area contributed by atoms with Crippen LogP contribution < -0.4 is 9.47 Å². The van der Waals surface area contributed by atoms with Crippen LogP contribution >= 0.6 is 0 Å². The number of rotatable bonds is 8. The van der Waals surface area contributed by atoms with E-state index in [1.807, 2.05) is 30.3 Å². The van der Waals surface area contributed by atoms with Gasteiger partial charge in [0.25, 0.3) is 0 Å². The number of carbonyl (C=O) groups is 2. The van der Waals surface area contributed by atoms with Crippen LogP contribution in [-0.2, 0) is 38.3 Å². The van der Waals surface area contributed by atoms with Gasteiger partial charge in [-0.3, -0.25) is 9.59 Å². The van der Waals surface area contributed by atoms with Crippen LogP contribution in [0, 0.1) is 11.8 Å². The van der Waals surface area contributed by atoms with Gasteiger partial charge in [-0.1, -0.05) is 48.2 Å². The van der Waals surface area contributed by atoms with Crippen LogP contribution in [0.4, 0.5) is 0 Å². The van der Waals surface area contributed by atoms with Gasteiger partial charge >= 0.3 is 11.9 Å². The van der Waals surface area contributed by atoms with E-state index in [2.05, 4.69) is 11.8 Å². The summed E-state index contributed by atoms with van der Waals surface area (Å²) >= 11 is 0. The van der Waals surface area contributed by atoms with Crippen molar-refractivity contribution < 1.29 is 38.7 Å². The zero-order valence-electron chi connectivity index (χ0n) is 24.8. The molecule has 0 aliphatic heterocycles. The molecule has 8 heteroatoms. The zero-order valence-corrected chi connectivity index (χ0v) is 24.8. The Morgan fingerprint density at radius 3 is 2.33 bits per heavy atom. The number of aryl methyl sites for hydroxylation is 2. The molecule has 0 heterocycles. The first-order chi connectivity index (χ1) is 20.7. The maximum atomic E-state index is 13.1. The summed E-state index contributed by atoms with van der Waals surface area (Å²) in [4.78, 5) is 25.2. The predicted molar refractivity (Wildman–Crippen MR) is 161 cm³/mol. The predicted octanol–water partition coefficient (Wildman–Crippen LogP) is 5.65. The minimum Gasteiger partial charge on any atom is -0.504 e. The number of fused-ring (bicyclic) bond motifs is 1. The fourth-order valence-electron chi connectivity index (χ4n) is 5.33. The van der Waals surface area contributed by atoms with Gasteiger partial charge in [-0.05, 0) is 65.8 Å². The third-order valence-corrected chi connectivity index (χ3v) is 7.51. The zero-order chi connectivity index (χ0) is 30.8. The number of ether oxygens (including phenoxy) is 4. The van der Waals surface area contributed by atoms with Gasteiger partial charge in [-0.25, -0.2) is 0 Å². The molecular weight excluding hydrogens is 548 g/mol. The molecule has 1 aliphatic carbocycles. The van der Waals surface area contributed by atoms with E-state index in [0.717, 1.165) is 22.3 Å². The first-order valence-electron chi connectivity index (χ1n) is 14.4. The van der Waals surface area contributed by atoms with Gasteiger partial charge in [-0.15, -0.1) is 0 Å². The molecule has 0 radical (unpaired) electrons. The average molecular weight is 587 g/mol. The second-order valence-corrected chi connectivity index (χ2v) is 10.6. The van der Waals surface area contributed by atoms with Crippen molar-refractivity contribution in [3.63, 3.8) is 0 Å². The van der Waals surface area contributed by atoms with E-state index >= 15 is 0 Å². The number of aromatic hydroxyl groups is 2. The Labute approximate surface area is 252 Å². The Hall–Kier alpha value is -4.64. The summed E-state index contributed by atoms with van der Waals surface area (Å²) in [6, 6.07) is 18.2. The van der Waals surface area contributed by atoms with E-state index in [1.165, 1.54) is 21.1 Å². The van der Waals surface area contributed by atoms with Crippen LogP contribution in [0.1, 0.15) is 60.8 Å². The lowest BCUT2D eigenvalue weighted by Gasteiger charge is -2.27. The maximum Gasteiger partial charge on any atom is 0.306 e. The highest BCUT2D eigenvalue weighted by Crippen LogP contribution is 2.34. The number of methoxy groups -OCH3 is 2. The highest BCUT2D eigenvalue weighted by molar-refractivity contribution is 5.70. The summed E-state index contributed by atoms with van der Waals surface area (Å²) in [5.74, 6) is 6.11. The molecule has 0 amide bonds. The smallest absolute Gasteiger partial charge is 0.306 e. The van der Waals surface area contributed by atoms with Crippen LogP contribution in [0.15, 0.2) is 60.7 Å². The molecule has 3 aromatic carbocycles. The summed E-state index contributed by atoms with van der Waals surface area (Å²) in [5, 5.41) is 20.6. The van der Waals surface area contributed by atoms with Gasteiger partial charge in [0.05, 0.1) is 14.2 Å². The Bertz CT molecular complexity index is 1470. The SMILES string of the molecule is COc1cc(C2C#CCc3cc(O)c(OC)cc3CCC(OC(C)=O)CC(OC(=O)CCc3ccccc3)C2)ccc1O. The number of hydrogen-bond acceptors (Lipinski definition) is 8. The van der Waals surface area contributed by atoms with Gasteiger partial charge in [-0.2, -0.15) is 0 Å². The molecule has 4 rings (SSSR count). The van der Waals surface area contributed by atoms with Crippen LogP contribution in [0.5, 0.6) is 23.0 Å². The summed E-state index contributed by atoms with van der Waals surface area (Å²) in [6.07, 6.45) is 1.63. The van der Waals surface area contributed by atoms with Crippen LogP contribution in [-0.4, -0.2) is 48.6 Å². The highest BCUT2D eigenvalue weighted by atomic mass is 16.6. The Morgan fingerprint density at radius 1 is 0.860 bits per heavy atom. The lowest BCUT2D eigenvalue weighted by Crippen LogP contribution is -2.29. The number of esters is 2. The lowest BCUT2D eigenvalue weighted by atomic mass is 9.88. The minimum absolute atomic E-state index is 0.00419. The van der Waals surface area contributed by atoms with Crippen molar-refractivity contribution >= 4 is 11.9 Å².